The van der Waals surface area contributed by atoms with Gasteiger partial charge >= 0.3 is 0 Å². The van der Waals surface area contributed by atoms with Crippen molar-refractivity contribution in [2.45, 2.75) is 6.54 Å². The number of aromatic nitrogens is 3. The molecule has 3 aromatic rings. The highest BCUT2D eigenvalue weighted by Gasteiger charge is 2.11. The molecule has 0 amide bonds. The smallest absolute Gasteiger partial charge is 0.180 e. The molecule has 0 aliphatic carbocycles. The molecule has 2 heterocycles. The van der Waals surface area contributed by atoms with E-state index in [2.05, 4.69) is 58.9 Å². The van der Waals surface area contributed by atoms with Crippen molar-refractivity contribution in [1.82, 2.24) is 14.4 Å². The largest absolute Gasteiger partial charge is 0.352 e. The summed E-state index contributed by atoms with van der Waals surface area (Å²) in [4.78, 5) is 11.0. The highest BCUT2D eigenvalue weighted by atomic mass is 79.9. The van der Waals surface area contributed by atoms with Crippen LogP contribution in [0.4, 0.5) is 5.82 Å². The lowest BCUT2D eigenvalue weighted by atomic mass is 10.2. The zero-order valence-corrected chi connectivity index (χ0v) is 14.0. The molecule has 0 atom stereocenters. The van der Waals surface area contributed by atoms with Crippen LogP contribution in [-0.2, 0) is 6.54 Å². The standard InChI is InChI=1S/C14H12Br2N4/c1-19(8-10-2-4-11(15)5-3-10)14-13-17-6-7-20(13)9-12(16)18-14/h2-7,9H,8H2,1H3. The number of rotatable bonds is 3. The summed E-state index contributed by atoms with van der Waals surface area (Å²) in [6.07, 6.45) is 5.60. The maximum absolute atomic E-state index is 4.54. The number of anilines is 1. The molecule has 0 aliphatic heterocycles. The predicted octanol–water partition coefficient (Wildman–Crippen LogP) is 3.89. The molecule has 0 N–H and O–H groups in total. The normalized spacial score (nSPS) is 10.9. The van der Waals surface area contributed by atoms with Crippen LogP contribution in [-0.4, -0.2) is 21.4 Å². The summed E-state index contributed by atoms with van der Waals surface area (Å²) in [6, 6.07) is 8.29. The van der Waals surface area contributed by atoms with E-state index in [0.717, 1.165) is 27.1 Å². The molecule has 2 aromatic heterocycles. The monoisotopic (exact) mass is 394 g/mol. The van der Waals surface area contributed by atoms with E-state index in [4.69, 9.17) is 0 Å². The van der Waals surface area contributed by atoms with E-state index in [9.17, 15) is 0 Å². The second-order valence-electron chi connectivity index (χ2n) is 4.53. The van der Waals surface area contributed by atoms with Crippen LogP contribution in [0.5, 0.6) is 0 Å². The summed E-state index contributed by atoms with van der Waals surface area (Å²) in [7, 11) is 2.02. The van der Waals surface area contributed by atoms with Crippen LogP contribution in [0.2, 0.25) is 0 Å². The maximum atomic E-state index is 4.54. The number of imidazole rings is 1. The minimum absolute atomic E-state index is 0.777. The van der Waals surface area contributed by atoms with Gasteiger partial charge in [-0.1, -0.05) is 28.1 Å². The molecular weight excluding hydrogens is 384 g/mol. The van der Waals surface area contributed by atoms with Gasteiger partial charge in [-0.25, -0.2) is 9.97 Å². The van der Waals surface area contributed by atoms with E-state index >= 15 is 0 Å². The van der Waals surface area contributed by atoms with Gasteiger partial charge in [-0.3, -0.25) is 0 Å². The fourth-order valence-electron chi connectivity index (χ4n) is 2.08. The summed E-state index contributed by atoms with van der Waals surface area (Å²) in [5, 5.41) is 0. The van der Waals surface area contributed by atoms with Gasteiger partial charge in [-0.05, 0) is 33.6 Å². The molecule has 0 bridgehead atoms. The Morgan fingerprint density at radius 2 is 1.95 bits per heavy atom. The van der Waals surface area contributed by atoms with Crippen molar-refractivity contribution >= 4 is 43.3 Å². The van der Waals surface area contributed by atoms with Gasteiger partial charge in [-0.2, -0.15) is 0 Å². The fourth-order valence-corrected chi connectivity index (χ4v) is 2.73. The summed E-state index contributed by atoms with van der Waals surface area (Å²) >= 11 is 6.89. The molecule has 0 saturated carbocycles. The lowest BCUT2D eigenvalue weighted by molar-refractivity contribution is 0.887. The van der Waals surface area contributed by atoms with E-state index in [1.165, 1.54) is 5.56 Å². The Morgan fingerprint density at radius 3 is 2.70 bits per heavy atom. The lowest BCUT2D eigenvalue weighted by Gasteiger charge is -2.19. The first-order valence-corrected chi connectivity index (χ1v) is 7.67. The highest BCUT2D eigenvalue weighted by Crippen LogP contribution is 2.22. The van der Waals surface area contributed by atoms with Crippen molar-refractivity contribution in [3.05, 3.63) is 57.5 Å². The average molecular weight is 396 g/mol. The zero-order valence-electron chi connectivity index (χ0n) is 10.8. The number of fused-ring (bicyclic) bond motifs is 1. The second-order valence-corrected chi connectivity index (χ2v) is 6.26. The van der Waals surface area contributed by atoms with E-state index in [0.29, 0.717) is 0 Å². The third-order valence-corrected chi connectivity index (χ3v) is 3.93. The summed E-state index contributed by atoms with van der Waals surface area (Å²) in [6.45, 7) is 0.777. The molecule has 3 rings (SSSR count). The Bertz CT molecular complexity index is 737. The molecule has 0 aliphatic rings. The van der Waals surface area contributed by atoms with Crippen LogP contribution >= 0.6 is 31.9 Å². The maximum Gasteiger partial charge on any atom is 0.180 e. The van der Waals surface area contributed by atoms with E-state index in [1.54, 1.807) is 6.20 Å². The quantitative estimate of drug-likeness (QED) is 0.674. The Kier molecular flexibility index (Phi) is 3.76. The molecule has 0 spiro atoms. The first kappa shape index (κ1) is 13.6. The second kappa shape index (κ2) is 5.54. The topological polar surface area (TPSA) is 33.4 Å². The Hall–Kier alpha value is -1.40. The van der Waals surface area contributed by atoms with Gasteiger partial charge in [0, 0.05) is 36.7 Å². The third kappa shape index (κ3) is 2.71. The van der Waals surface area contributed by atoms with Gasteiger partial charge in [0.2, 0.25) is 0 Å². The fraction of sp³-hybridized carbons (Fsp3) is 0.143. The zero-order chi connectivity index (χ0) is 14.1. The van der Waals surface area contributed by atoms with Gasteiger partial charge in [0.15, 0.2) is 11.5 Å². The number of hydrogen-bond donors (Lipinski definition) is 0. The Balaban J connectivity index is 1.93. The van der Waals surface area contributed by atoms with Crippen molar-refractivity contribution in [2.24, 2.45) is 0 Å². The highest BCUT2D eigenvalue weighted by molar-refractivity contribution is 9.10. The van der Waals surface area contributed by atoms with Crippen LogP contribution in [0.25, 0.3) is 5.65 Å². The molecule has 4 nitrogen and oxygen atoms in total. The number of hydrogen-bond acceptors (Lipinski definition) is 3. The Labute approximate surface area is 133 Å². The molecule has 0 radical (unpaired) electrons. The Morgan fingerprint density at radius 1 is 1.20 bits per heavy atom. The van der Waals surface area contributed by atoms with Crippen molar-refractivity contribution < 1.29 is 0 Å². The van der Waals surface area contributed by atoms with Gasteiger partial charge < -0.3 is 9.30 Å². The number of nitrogens with zero attached hydrogens (tertiary/aromatic N) is 4. The first-order valence-electron chi connectivity index (χ1n) is 6.08. The van der Waals surface area contributed by atoms with Crippen LogP contribution in [0, 0.1) is 0 Å². The molecule has 6 heteroatoms. The molecule has 102 valence electrons. The van der Waals surface area contributed by atoms with E-state index in [-0.39, 0.29) is 0 Å². The molecule has 0 fully saturated rings. The SMILES string of the molecule is CN(Cc1ccc(Br)cc1)c1nc(Br)cn2ccnc12. The van der Waals surface area contributed by atoms with E-state index in [1.807, 2.05) is 36.0 Å². The molecule has 0 saturated heterocycles. The predicted molar refractivity (Wildman–Crippen MR) is 86.9 cm³/mol. The van der Waals surface area contributed by atoms with Gasteiger partial charge in [-0.15, -0.1) is 0 Å². The average Bonchev–Trinajstić information content (AvgIpc) is 2.88. The summed E-state index contributed by atoms with van der Waals surface area (Å²) in [5.74, 6) is 0.854. The third-order valence-electron chi connectivity index (χ3n) is 3.02. The summed E-state index contributed by atoms with van der Waals surface area (Å²) < 4.78 is 3.84. The van der Waals surface area contributed by atoms with Crippen LogP contribution < -0.4 is 4.90 Å². The molecule has 0 unspecified atom stereocenters. The van der Waals surface area contributed by atoms with Gasteiger partial charge in [0.1, 0.15) is 4.60 Å². The van der Waals surface area contributed by atoms with Crippen LogP contribution in [0.1, 0.15) is 5.56 Å². The minimum atomic E-state index is 0.777. The molecule has 1 aromatic carbocycles. The number of halogens is 2. The first-order chi connectivity index (χ1) is 9.63. The number of benzene rings is 1. The van der Waals surface area contributed by atoms with Gasteiger partial charge in [0.05, 0.1) is 0 Å². The minimum Gasteiger partial charge on any atom is -0.352 e. The van der Waals surface area contributed by atoms with Crippen molar-refractivity contribution in [2.75, 3.05) is 11.9 Å². The van der Waals surface area contributed by atoms with E-state index < -0.39 is 0 Å². The van der Waals surface area contributed by atoms with Crippen molar-refractivity contribution in [1.29, 1.82) is 0 Å². The molecule has 20 heavy (non-hydrogen) atoms. The lowest BCUT2D eigenvalue weighted by Crippen LogP contribution is -2.19. The molecular formula is C14H12Br2N4. The van der Waals surface area contributed by atoms with Crippen molar-refractivity contribution in [3.63, 3.8) is 0 Å². The summed E-state index contributed by atoms with van der Waals surface area (Å²) in [5.41, 5.74) is 2.08. The van der Waals surface area contributed by atoms with Crippen LogP contribution in [0.3, 0.4) is 0 Å². The van der Waals surface area contributed by atoms with Gasteiger partial charge in [0.25, 0.3) is 0 Å². The van der Waals surface area contributed by atoms with Crippen molar-refractivity contribution in [3.8, 4) is 0 Å². The van der Waals surface area contributed by atoms with Crippen LogP contribution in [0.15, 0.2) is 51.9 Å².